The van der Waals surface area contributed by atoms with E-state index in [4.69, 9.17) is 0 Å². The molecule has 2 heterocycles. The molecule has 0 saturated carbocycles. The zero-order valence-corrected chi connectivity index (χ0v) is 13.0. The van der Waals surface area contributed by atoms with Gasteiger partial charge in [-0.05, 0) is 58.5 Å². The van der Waals surface area contributed by atoms with Crippen LogP contribution >= 0.6 is 0 Å². The van der Waals surface area contributed by atoms with Gasteiger partial charge in [0.15, 0.2) is 0 Å². The molecule has 2 fully saturated rings. The zero-order valence-electron chi connectivity index (χ0n) is 12.1. The molecule has 0 bridgehead atoms. The lowest BCUT2D eigenvalue weighted by Crippen LogP contribution is -2.49. The standard InChI is InChI=1S/C13H27N3O2S/c1-12(2)16(11-13-6-5-7-14-10-13)19(17,18)15-8-3-4-9-15/h12-14H,3-11H2,1-2H3. The van der Waals surface area contributed by atoms with Gasteiger partial charge in [-0.25, -0.2) is 0 Å². The summed E-state index contributed by atoms with van der Waals surface area (Å²) in [5.74, 6) is 0.452. The molecule has 5 nitrogen and oxygen atoms in total. The van der Waals surface area contributed by atoms with Crippen molar-refractivity contribution in [2.45, 2.75) is 45.6 Å². The second-order valence-electron chi connectivity index (χ2n) is 5.99. The van der Waals surface area contributed by atoms with Crippen molar-refractivity contribution in [3.63, 3.8) is 0 Å². The summed E-state index contributed by atoms with van der Waals surface area (Å²) in [6.07, 6.45) is 4.28. The first kappa shape index (κ1) is 15.2. The summed E-state index contributed by atoms with van der Waals surface area (Å²) in [4.78, 5) is 0. The topological polar surface area (TPSA) is 52.7 Å². The molecule has 2 aliphatic rings. The van der Waals surface area contributed by atoms with Crippen molar-refractivity contribution >= 4 is 10.2 Å². The zero-order chi connectivity index (χ0) is 13.9. The minimum Gasteiger partial charge on any atom is -0.316 e. The third kappa shape index (κ3) is 3.68. The minimum absolute atomic E-state index is 0.0347. The van der Waals surface area contributed by atoms with E-state index in [0.29, 0.717) is 25.6 Å². The Hall–Kier alpha value is -0.170. The summed E-state index contributed by atoms with van der Waals surface area (Å²) in [5.41, 5.74) is 0. The van der Waals surface area contributed by atoms with Crippen molar-refractivity contribution in [2.24, 2.45) is 5.92 Å². The molecule has 0 aromatic carbocycles. The lowest BCUT2D eigenvalue weighted by atomic mass is 9.99. The summed E-state index contributed by atoms with van der Waals surface area (Å²) in [6, 6.07) is 0.0347. The number of piperidine rings is 1. The second kappa shape index (κ2) is 6.52. The number of rotatable bonds is 5. The SMILES string of the molecule is CC(C)N(CC1CCCNC1)S(=O)(=O)N1CCCC1. The lowest BCUT2D eigenvalue weighted by molar-refractivity contribution is 0.249. The first-order valence-corrected chi connectivity index (χ1v) is 8.89. The minimum atomic E-state index is -3.26. The van der Waals surface area contributed by atoms with Gasteiger partial charge in [0.25, 0.3) is 10.2 Å². The van der Waals surface area contributed by atoms with Crippen molar-refractivity contribution in [3.05, 3.63) is 0 Å². The Morgan fingerprint density at radius 3 is 2.47 bits per heavy atom. The molecule has 0 aliphatic carbocycles. The quantitative estimate of drug-likeness (QED) is 0.823. The van der Waals surface area contributed by atoms with Crippen molar-refractivity contribution in [3.8, 4) is 0 Å². The van der Waals surface area contributed by atoms with Crippen LogP contribution in [-0.2, 0) is 10.2 Å². The molecule has 0 radical (unpaired) electrons. The van der Waals surface area contributed by atoms with E-state index in [9.17, 15) is 8.42 Å². The molecule has 0 spiro atoms. The Labute approximate surface area is 117 Å². The highest BCUT2D eigenvalue weighted by atomic mass is 32.2. The van der Waals surface area contributed by atoms with Gasteiger partial charge in [0, 0.05) is 25.7 Å². The van der Waals surface area contributed by atoms with Gasteiger partial charge >= 0.3 is 0 Å². The molecule has 2 rings (SSSR count). The summed E-state index contributed by atoms with van der Waals surface area (Å²) >= 11 is 0. The molecular formula is C13H27N3O2S. The maximum absolute atomic E-state index is 12.7. The molecule has 19 heavy (non-hydrogen) atoms. The van der Waals surface area contributed by atoms with E-state index in [0.717, 1.165) is 38.8 Å². The van der Waals surface area contributed by atoms with Crippen LogP contribution in [0.5, 0.6) is 0 Å². The Kier molecular flexibility index (Phi) is 5.22. The van der Waals surface area contributed by atoms with E-state index in [2.05, 4.69) is 5.32 Å². The molecule has 0 aromatic rings. The molecule has 1 atom stereocenters. The van der Waals surface area contributed by atoms with Crippen LogP contribution in [0.1, 0.15) is 39.5 Å². The van der Waals surface area contributed by atoms with E-state index in [1.807, 2.05) is 13.8 Å². The van der Waals surface area contributed by atoms with Crippen LogP contribution in [-0.4, -0.2) is 55.8 Å². The van der Waals surface area contributed by atoms with E-state index in [-0.39, 0.29) is 6.04 Å². The number of nitrogens with one attached hydrogen (secondary N) is 1. The van der Waals surface area contributed by atoms with Gasteiger partial charge in [-0.3, -0.25) is 0 Å². The normalized spacial score (nSPS) is 26.4. The van der Waals surface area contributed by atoms with Gasteiger partial charge in [-0.15, -0.1) is 0 Å². The fourth-order valence-electron chi connectivity index (χ4n) is 2.97. The van der Waals surface area contributed by atoms with Crippen LogP contribution in [0.3, 0.4) is 0 Å². The van der Waals surface area contributed by atoms with Gasteiger partial charge in [0.2, 0.25) is 0 Å². The average molecular weight is 289 g/mol. The predicted molar refractivity (Wildman–Crippen MR) is 77.2 cm³/mol. The Balaban J connectivity index is 2.05. The summed E-state index contributed by atoms with van der Waals surface area (Å²) in [5, 5.41) is 3.37. The highest BCUT2D eigenvalue weighted by Crippen LogP contribution is 2.21. The van der Waals surface area contributed by atoms with Gasteiger partial charge in [0.05, 0.1) is 0 Å². The van der Waals surface area contributed by atoms with E-state index in [1.54, 1.807) is 8.61 Å². The molecule has 1 N–H and O–H groups in total. The van der Waals surface area contributed by atoms with Crippen molar-refractivity contribution in [2.75, 3.05) is 32.7 Å². The Morgan fingerprint density at radius 1 is 1.26 bits per heavy atom. The Bertz CT molecular complexity index is 371. The van der Waals surface area contributed by atoms with Crippen LogP contribution in [0, 0.1) is 5.92 Å². The highest BCUT2D eigenvalue weighted by molar-refractivity contribution is 7.86. The number of nitrogens with zero attached hydrogens (tertiary/aromatic N) is 2. The lowest BCUT2D eigenvalue weighted by Gasteiger charge is -2.34. The molecule has 0 aromatic heterocycles. The smallest absolute Gasteiger partial charge is 0.282 e. The maximum Gasteiger partial charge on any atom is 0.282 e. The van der Waals surface area contributed by atoms with Crippen LogP contribution in [0.2, 0.25) is 0 Å². The molecule has 6 heteroatoms. The molecular weight excluding hydrogens is 262 g/mol. The first-order valence-electron chi connectivity index (χ1n) is 7.49. The molecule has 2 saturated heterocycles. The average Bonchev–Trinajstić information content (AvgIpc) is 2.91. The fraction of sp³-hybridized carbons (Fsp3) is 1.00. The third-order valence-corrected chi connectivity index (χ3v) is 6.28. The van der Waals surface area contributed by atoms with E-state index >= 15 is 0 Å². The van der Waals surface area contributed by atoms with Gasteiger partial charge in [-0.1, -0.05) is 0 Å². The van der Waals surface area contributed by atoms with Crippen LogP contribution in [0.25, 0.3) is 0 Å². The molecule has 0 amide bonds. The maximum atomic E-state index is 12.7. The fourth-order valence-corrected chi connectivity index (χ4v) is 4.92. The van der Waals surface area contributed by atoms with Crippen molar-refractivity contribution in [1.29, 1.82) is 0 Å². The van der Waals surface area contributed by atoms with E-state index < -0.39 is 10.2 Å². The molecule has 2 aliphatic heterocycles. The van der Waals surface area contributed by atoms with Gasteiger partial charge < -0.3 is 5.32 Å². The van der Waals surface area contributed by atoms with Crippen molar-refractivity contribution in [1.82, 2.24) is 13.9 Å². The molecule has 1 unspecified atom stereocenters. The highest BCUT2D eigenvalue weighted by Gasteiger charge is 2.34. The largest absolute Gasteiger partial charge is 0.316 e. The van der Waals surface area contributed by atoms with Crippen LogP contribution in [0.15, 0.2) is 0 Å². The second-order valence-corrected chi connectivity index (χ2v) is 7.87. The number of hydrogen-bond donors (Lipinski definition) is 1. The molecule has 112 valence electrons. The monoisotopic (exact) mass is 289 g/mol. The predicted octanol–water partition coefficient (Wildman–Crippen LogP) is 1.04. The van der Waals surface area contributed by atoms with Gasteiger partial charge in [0.1, 0.15) is 0 Å². The summed E-state index contributed by atoms with van der Waals surface area (Å²) in [7, 11) is -3.26. The van der Waals surface area contributed by atoms with Crippen molar-refractivity contribution < 1.29 is 8.42 Å². The summed E-state index contributed by atoms with van der Waals surface area (Å²) < 4.78 is 28.7. The van der Waals surface area contributed by atoms with Gasteiger partial charge in [-0.2, -0.15) is 17.0 Å². The first-order chi connectivity index (χ1) is 9.01. The van der Waals surface area contributed by atoms with Crippen LogP contribution in [0.4, 0.5) is 0 Å². The number of hydrogen-bond acceptors (Lipinski definition) is 3. The van der Waals surface area contributed by atoms with E-state index in [1.165, 1.54) is 0 Å². The third-order valence-electron chi connectivity index (χ3n) is 4.10. The van der Waals surface area contributed by atoms with Crippen LogP contribution < -0.4 is 5.32 Å². The summed E-state index contributed by atoms with van der Waals surface area (Å²) in [6.45, 7) is 8.00. The Morgan fingerprint density at radius 2 is 1.95 bits per heavy atom.